The van der Waals surface area contributed by atoms with E-state index in [-0.39, 0.29) is 0 Å². The lowest BCUT2D eigenvalue weighted by Crippen LogP contribution is -2.11. The van der Waals surface area contributed by atoms with Gasteiger partial charge in [0.2, 0.25) is 0 Å². The molecular weight excluding hydrogens is 198 g/mol. The van der Waals surface area contributed by atoms with Gasteiger partial charge in [0, 0.05) is 29.6 Å². The molecule has 2 aromatic rings. The summed E-state index contributed by atoms with van der Waals surface area (Å²) in [6, 6.07) is 0. The first-order valence-corrected chi connectivity index (χ1v) is 5.53. The Hall–Kier alpha value is -0.960. The Morgan fingerprint density at radius 1 is 1.57 bits per heavy atom. The van der Waals surface area contributed by atoms with Crippen molar-refractivity contribution in [2.45, 2.75) is 31.1 Å². The van der Waals surface area contributed by atoms with E-state index in [1.54, 1.807) is 6.20 Å². The minimum absolute atomic E-state index is 0.551. The van der Waals surface area contributed by atoms with Gasteiger partial charge in [0.15, 0.2) is 5.65 Å². The Labute approximate surface area is 87.1 Å². The second-order valence-corrected chi connectivity index (χ2v) is 4.15. The monoisotopic (exact) mass is 209 g/mol. The minimum Gasteiger partial charge on any atom is -0.296 e. The van der Waals surface area contributed by atoms with E-state index in [0.717, 1.165) is 5.65 Å². The summed E-state index contributed by atoms with van der Waals surface area (Å²) in [5.74, 6) is 1.24. The van der Waals surface area contributed by atoms with Crippen LogP contribution in [0.15, 0.2) is 12.4 Å². The molecule has 1 aliphatic rings. The van der Waals surface area contributed by atoms with Crippen LogP contribution in [0.2, 0.25) is 0 Å². The molecule has 4 heteroatoms. The first-order chi connectivity index (χ1) is 6.90. The molecule has 3 nitrogen and oxygen atoms in total. The van der Waals surface area contributed by atoms with Crippen LogP contribution < -0.4 is 0 Å². The van der Waals surface area contributed by atoms with E-state index in [9.17, 15) is 0 Å². The Balaban J connectivity index is 2.16. The number of nitrogens with zero attached hydrogens (tertiary/aromatic N) is 2. The number of hydrogen-bond donors (Lipinski definition) is 1. The molecule has 0 aliphatic heterocycles. The molecule has 0 atom stereocenters. The van der Waals surface area contributed by atoms with Gasteiger partial charge in [-0.05, 0) is 12.8 Å². The van der Waals surface area contributed by atoms with Crippen LogP contribution in [-0.4, -0.2) is 14.6 Å². The number of aromatic amines is 1. The highest BCUT2D eigenvalue weighted by Crippen LogP contribution is 2.38. The summed E-state index contributed by atoms with van der Waals surface area (Å²) in [4.78, 5) is 4.30. The summed E-state index contributed by atoms with van der Waals surface area (Å²) in [6.07, 6.45) is 7.65. The first-order valence-electron chi connectivity index (χ1n) is 5.00. The standard InChI is InChI=1S/C10H12ClN3/c11-6-8-9(7-2-1-3-7)13-14-5-4-12-10(8)14/h4-5,7,13H,1-3,6H2. The van der Waals surface area contributed by atoms with Crippen LogP contribution in [0.5, 0.6) is 0 Å². The number of halogens is 1. The molecule has 3 rings (SSSR count). The summed E-state index contributed by atoms with van der Waals surface area (Å²) in [6.45, 7) is 0. The number of nitrogens with one attached hydrogen (secondary N) is 1. The van der Waals surface area contributed by atoms with Crippen molar-refractivity contribution in [1.29, 1.82) is 0 Å². The summed E-state index contributed by atoms with van der Waals surface area (Å²) < 4.78 is 1.96. The van der Waals surface area contributed by atoms with Gasteiger partial charge in [-0.15, -0.1) is 11.6 Å². The van der Waals surface area contributed by atoms with Gasteiger partial charge in [-0.2, -0.15) is 0 Å². The summed E-state index contributed by atoms with van der Waals surface area (Å²) in [7, 11) is 0. The van der Waals surface area contributed by atoms with E-state index in [0.29, 0.717) is 11.8 Å². The number of alkyl halides is 1. The van der Waals surface area contributed by atoms with E-state index in [1.165, 1.54) is 30.5 Å². The van der Waals surface area contributed by atoms with Gasteiger partial charge < -0.3 is 0 Å². The molecule has 0 bridgehead atoms. The SMILES string of the molecule is ClCc1c(C2CCC2)[nH]n2ccnc12. The zero-order valence-electron chi connectivity index (χ0n) is 7.83. The molecule has 0 saturated heterocycles. The molecule has 0 radical (unpaired) electrons. The highest BCUT2D eigenvalue weighted by Gasteiger charge is 2.25. The van der Waals surface area contributed by atoms with Gasteiger partial charge in [0.25, 0.3) is 0 Å². The van der Waals surface area contributed by atoms with Crippen molar-refractivity contribution in [3.8, 4) is 0 Å². The number of fused-ring (bicyclic) bond motifs is 1. The maximum Gasteiger partial charge on any atom is 0.157 e. The van der Waals surface area contributed by atoms with Gasteiger partial charge >= 0.3 is 0 Å². The fourth-order valence-corrected chi connectivity index (χ4v) is 2.36. The van der Waals surface area contributed by atoms with Gasteiger partial charge in [-0.25, -0.2) is 9.50 Å². The number of rotatable bonds is 2. The molecule has 0 amide bonds. The molecule has 2 aromatic heterocycles. The molecular formula is C10H12ClN3. The topological polar surface area (TPSA) is 33.1 Å². The van der Waals surface area contributed by atoms with Crippen LogP contribution in [-0.2, 0) is 5.88 Å². The van der Waals surface area contributed by atoms with E-state index in [1.807, 2.05) is 10.7 Å². The third-order valence-corrected chi connectivity index (χ3v) is 3.39. The van der Waals surface area contributed by atoms with Crippen LogP contribution in [0.3, 0.4) is 0 Å². The Morgan fingerprint density at radius 2 is 2.43 bits per heavy atom. The molecule has 1 N–H and O–H groups in total. The Kier molecular flexibility index (Phi) is 1.80. The molecule has 0 spiro atoms. The lowest BCUT2D eigenvalue weighted by Gasteiger charge is -2.24. The Bertz CT molecular complexity index is 453. The molecule has 0 unspecified atom stereocenters. The third-order valence-electron chi connectivity index (χ3n) is 3.12. The Morgan fingerprint density at radius 3 is 3.07 bits per heavy atom. The van der Waals surface area contributed by atoms with Crippen molar-refractivity contribution >= 4 is 17.2 Å². The van der Waals surface area contributed by atoms with Crippen LogP contribution >= 0.6 is 11.6 Å². The maximum atomic E-state index is 5.96. The number of H-pyrrole nitrogens is 1. The highest BCUT2D eigenvalue weighted by atomic mass is 35.5. The minimum atomic E-state index is 0.551. The lowest BCUT2D eigenvalue weighted by molar-refractivity contribution is 0.408. The fourth-order valence-electron chi connectivity index (χ4n) is 2.10. The second-order valence-electron chi connectivity index (χ2n) is 3.89. The van der Waals surface area contributed by atoms with Gasteiger partial charge in [-0.3, -0.25) is 5.10 Å². The van der Waals surface area contributed by atoms with Gasteiger partial charge in [0.1, 0.15) is 0 Å². The van der Waals surface area contributed by atoms with Crippen molar-refractivity contribution < 1.29 is 0 Å². The predicted octanol–water partition coefficient (Wildman–Crippen LogP) is 2.67. The maximum absolute atomic E-state index is 5.96. The van der Waals surface area contributed by atoms with Gasteiger partial charge in [-0.1, -0.05) is 6.42 Å². The summed E-state index contributed by atoms with van der Waals surface area (Å²) in [5.41, 5.74) is 3.47. The van der Waals surface area contributed by atoms with Crippen molar-refractivity contribution in [2.75, 3.05) is 0 Å². The molecule has 1 fully saturated rings. The van der Waals surface area contributed by atoms with Crippen LogP contribution in [0.1, 0.15) is 36.4 Å². The van der Waals surface area contributed by atoms with Gasteiger partial charge in [0.05, 0.1) is 5.88 Å². The van der Waals surface area contributed by atoms with Crippen molar-refractivity contribution in [1.82, 2.24) is 14.6 Å². The van der Waals surface area contributed by atoms with E-state index in [2.05, 4.69) is 10.1 Å². The second kappa shape index (κ2) is 3.02. The highest BCUT2D eigenvalue weighted by molar-refractivity contribution is 6.17. The zero-order valence-corrected chi connectivity index (χ0v) is 8.59. The predicted molar refractivity (Wildman–Crippen MR) is 55.7 cm³/mol. The fraction of sp³-hybridized carbons (Fsp3) is 0.500. The average Bonchev–Trinajstić information content (AvgIpc) is 2.60. The van der Waals surface area contributed by atoms with E-state index >= 15 is 0 Å². The normalized spacial score (nSPS) is 17.5. The average molecular weight is 210 g/mol. The van der Waals surface area contributed by atoms with Crippen LogP contribution in [0, 0.1) is 0 Å². The molecule has 1 aliphatic carbocycles. The van der Waals surface area contributed by atoms with Crippen molar-refractivity contribution in [2.24, 2.45) is 0 Å². The summed E-state index contributed by atoms with van der Waals surface area (Å²) >= 11 is 5.96. The number of imidazole rings is 1. The van der Waals surface area contributed by atoms with Crippen molar-refractivity contribution in [3.05, 3.63) is 23.7 Å². The quantitative estimate of drug-likeness (QED) is 0.758. The molecule has 74 valence electrons. The first kappa shape index (κ1) is 8.36. The van der Waals surface area contributed by atoms with Crippen molar-refractivity contribution in [3.63, 3.8) is 0 Å². The number of hydrogen-bond acceptors (Lipinski definition) is 1. The molecule has 0 aromatic carbocycles. The summed E-state index contributed by atoms with van der Waals surface area (Å²) in [5, 5.41) is 3.37. The largest absolute Gasteiger partial charge is 0.296 e. The third kappa shape index (κ3) is 1.02. The zero-order chi connectivity index (χ0) is 9.54. The lowest BCUT2D eigenvalue weighted by atomic mass is 9.82. The van der Waals surface area contributed by atoms with E-state index in [4.69, 9.17) is 11.6 Å². The van der Waals surface area contributed by atoms with Crippen LogP contribution in [0.4, 0.5) is 0 Å². The molecule has 1 saturated carbocycles. The number of aromatic nitrogens is 3. The van der Waals surface area contributed by atoms with E-state index < -0.39 is 0 Å². The molecule has 2 heterocycles. The van der Waals surface area contributed by atoms with Crippen LogP contribution in [0.25, 0.3) is 5.65 Å². The molecule has 14 heavy (non-hydrogen) atoms. The smallest absolute Gasteiger partial charge is 0.157 e.